The first-order chi connectivity index (χ1) is 13.1. The van der Waals surface area contributed by atoms with Crippen LogP contribution in [0, 0.1) is 0 Å². The van der Waals surface area contributed by atoms with E-state index in [9.17, 15) is 9.59 Å². The molecule has 0 bridgehead atoms. The third kappa shape index (κ3) is 5.45. The van der Waals surface area contributed by atoms with Crippen molar-refractivity contribution in [3.8, 4) is 0 Å². The van der Waals surface area contributed by atoms with Crippen molar-refractivity contribution in [3.63, 3.8) is 0 Å². The van der Waals surface area contributed by atoms with Gasteiger partial charge in [0.05, 0.1) is 25.7 Å². The first-order valence-corrected chi connectivity index (χ1v) is 9.08. The largest absolute Gasteiger partial charge is 0.380 e. The van der Waals surface area contributed by atoms with Crippen LogP contribution in [-0.4, -0.2) is 67.3 Å². The highest BCUT2D eigenvalue weighted by Gasteiger charge is 2.18. The second-order valence-corrected chi connectivity index (χ2v) is 6.56. The lowest BCUT2D eigenvalue weighted by Gasteiger charge is -2.27. The Morgan fingerprint density at radius 1 is 1.29 bits per heavy atom. The van der Waals surface area contributed by atoms with Gasteiger partial charge in [0.2, 0.25) is 11.8 Å². The Bertz CT molecular complexity index is 800. The van der Waals surface area contributed by atoms with Gasteiger partial charge in [-0.15, -0.1) is 12.4 Å². The second-order valence-electron chi connectivity index (χ2n) is 6.56. The number of nitrogens with zero attached hydrogens (tertiary/aromatic N) is 2. The lowest BCUT2D eigenvalue weighted by atomic mass is 10.2. The summed E-state index contributed by atoms with van der Waals surface area (Å²) < 4.78 is 12.3. The maximum Gasteiger partial charge on any atom is 0.242 e. The predicted octanol–water partition coefficient (Wildman–Crippen LogP) is 1.22. The summed E-state index contributed by atoms with van der Waals surface area (Å²) in [6.07, 6.45) is 1.81. The van der Waals surface area contributed by atoms with E-state index in [0.29, 0.717) is 45.1 Å². The average Bonchev–Trinajstić information content (AvgIpc) is 3.08. The molecule has 0 spiro atoms. The summed E-state index contributed by atoms with van der Waals surface area (Å²) in [5.74, 6) is -0.0610. The third-order valence-corrected chi connectivity index (χ3v) is 4.73. The standard InChI is InChI=1S/C19H26N4O4.ClH/c1-26-16(12-20)11-18(24)21-15-2-3-17-14(10-15)4-5-23(17)13-19(25)22-6-8-27-9-7-22;/h2-5,10,16H,6-9,11-13,20H2,1H3,(H,21,24);1H. The number of rotatable bonds is 7. The maximum atomic E-state index is 12.5. The summed E-state index contributed by atoms with van der Waals surface area (Å²) in [7, 11) is 1.54. The summed E-state index contributed by atoms with van der Waals surface area (Å²) >= 11 is 0. The molecule has 1 saturated heterocycles. The molecule has 0 saturated carbocycles. The molecule has 1 fully saturated rings. The fourth-order valence-electron chi connectivity index (χ4n) is 3.16. The Morgan fingerprint density at radius 2 is 2.04 bits per heavy atom. The van der Waals surface area contributed by atoms with Crippen LogP contribution in [0.3, 0.4) is 0 Å². The number of hydrogen-bond acceptors (Lipinski definition) is 5. The molecule has 3 N–H and O–H groups in total. The van der Waals surface area contributed by atoms with E-state index in [1.165, 1.54) is 7.11 Å². The number of amides is 2. The minimum Gasteiger partial charge on any atom is -0.380 e. The van der Waals surface area contributed by atoms with E-state index in [1.54, 1.807) is 0 Å². The Labute approximate surface area is 170 Å². The van der Waals surface area contributed by atoms with Crippen molar-refractivity contribution in [1.29, 1.82) is 0 Å². The van der Waals surface area contributed by atoms with Gasteiger partial charge in [-0.2, -0.15) is 0 Å². The van der Waals surface area contributed by atoms with Crippen molar-refractivity contribution in [2.75, 3.05) is 45.3 Å². The number of halogens is 1. The number of nitrogens with one attached hydrogen (secondary N) is 1. The van der Waals surface area contributed by atoms with Gasteiger partial charge in [0, 0.05) is 49.5 Å². The van der Waals surface area contributed by atoms with Crippen molar-refractivity contribution < 1.29 is 19.1 Å². The van der Waals surface area contributed by atoms with Gasteiger partial charge in [-0.25, -0.2) is 0 Å². The number of carbonyl (C=O) groups excluding carboxylic acids is 2. The fourth-order valence-corrected chi connectivity index (χ4v) is 3.16. The van der Waals surface area contributed by atoms with E-state index in [2.05, 4.69) is 5.32 Å². The van der Waals surface area contributed by atoms with Gasteiger partial charge in [-0.05, 0) is 24.3 Å². The van der Waals surface area contributed by atoms with E-state index >= 15 is 0 Å². The molecule has 1 aliphatic heterocycles. The van der Waals surface area contributed by atoms with Crippen molar-refractivity contribution in [3.05, 3.63) is 30.5 Å². The quantitative estimate of drug-likeness (QED) is 0.715. The van der Waals surface area contributed by atoms with Gasteiger partial charge in [-0.1, -0.05) is 0 Å². The fraction of sp³-hybridized carbons (Fsp3) is 0.474. The van der Waals surface area contributed by atoms with Gasteiger partial charge in [0.25, 0.3) is 0 Å². The molecule has 3 rings (SSSR count). The highest BCUT2D eigenvalue weighted by molar-refractivity contribution is 5.94. The molecule has 1 aromatic carbocycles. The Hall–Kier alpha value is -2.13. The van der Waals surface area contributed by atoms with Crippen molar-refractivity contribution in [2.45, 2.75) is 19.1 Å². The molecule has 8 nitrogen and oxygen atoms in total. The number of hydrogen-bond donors (Lipinski definition) is 2. The zero-order chi connectivity index (χ0) is 19.2. The van der Waals surface area contributed by atoms with Crippen LogP contribution in [0.25, 0.3) is 10.9 Å². The first kappa shape index (κ1) is 22.2. The second kappa shape index (κ2) is 10.4. The number of aromatic nitrogens is 1. The number of methoxy groups -OCH3 is 1. The number of carbonyl (C=O) groups is 2. The molecular weight excluding hydrogens is 384 g/mol. The molecule has 2 aromatic rings. The van der Waals surface area contributed by atoms with Gasteiger partial charge < -0.3 is 30.0 Å². The van der Waals surface area contributed by atoms with Crippen molar-refractivity contribution in [1.82, 2.24) is 9.47 Å². The monoisotopic (exact) mass is 410 g/mol. The van der Waals surface area contributed by atoms with E-state index < -0.39 is 0 Å². The molecule has 1 atom stereocenters. The van der Waals surface area contributed by atoms with Crippen molar-refractivity contribution in [2.24, 2.45) is 5.73 Å². The summed E-state index contributed by atoms with van der Waals surface area (Å²) in [6, 6.07) is 7.58. The van der Waals surface area contributed by atoms with E-state index in [0.717, 1.165) is 10.9 Å². The van der Waals surface area contributed by atoms with Crippen LogP contribution >= 0.6 is 12.4 Å². The predicted molar refractivity (Wildman–Crippen MR) is 110 cm³/mol. The number of benzene rings is 1. The lowest BCUT2D eigenvalue weighted by molar-refractivity contribution is -0.135. The Morgan fingerprint density at radius 3 is 2.71 bits per heavy atom. The van der Waals surface area contributed by atoms with Crippen LogP contribution in [0.1, 0.15) is 6.42 Å². The highest BCUT2D eigenvalue weighted by Crippen LogP contribution is 2.21. The van der Waals surface area contributed by atoms with Gasteiger partial charge in [-0.3, -0.25) is 9.59 Å². The van der Waals surface area contributed by atoms with E-state index in [1.807, 2.05) is 39.9 Å². The molecule has 0 radical (unpaired) electrons. The molecule has 0 aliphatic carbocycles. The van der Waals surface area contributed by atoms with Crippen LogP contribution in [-0.2, 0) is 25.6 Å². The summed E-state index contributed by atoms with van der Waals surface area (Å²) in [4.78, 5) is 26.4. The van der Waals surface area contributed by atoms with Gasteiger partial charge >= 0.3 is 0 Å². The average molecular weight is 411 g/mol. The molecule has 2 amide bonds. The molecule has 28 heavy (non-hydrogen) atoms. The number of nitrogens with two attached hydrogens (primary N) is 1. The third-order valence-electron chi connectivity index (χ3n) is 4.73. The maximum absolute atomic E-state index is 12.5. The molecule has 9 heteroatoms. The summed E-state index contributed by atoms with van der Waals surface area (Å²) in [5, 5.41) is 3.82. The summed E-state index contributed by atoms with van der Waals surface area (Å²) in [6.45, 7) is 3.05. The smallest absolute Gasteiger partial charge is 0.242 e. The van der Waals surface area contributed by atoms with Crippen LogP contribution in [0.2, 0.25) is 0 Å². The van der Waals surface area contributed by atoms with E-state index in [4.69, 9.17) is 15.2 Å². The van der Waals surface area contributed by atoms with Crippen LogP contribution < -0.4 is 11.1 Å². The Balaban J connectivity index is 0.00000280. The minimum atomic E-state index is -0.291. The minimum absolute atomic E-state index is 0. The van der Waals surface area contributed by atoms with Crippen molar-refractivity contribution >= 4 is 40.8 Å². The first-order valence-electron chi connectivity index (χ1n) is 9.08. The molecular formula is C19H27ClN4O4. The van der Waals surface area contributed by atoms with Crippen LogP contribution in [0.4, 0.5) is 5.69 Å². The molecule has 2 heterocycles. The topological polar surface area (TPSA) is 98.8 Å². The molecule has 1 aliphatic rings. The zero-order valence-corrected chi connectivity index (χ0v) is 16.7. The number of ether oxygens (including phenoxy) is 2. The molecule has 1 aromatic heterocycles. The van der Waals surface area contributed by atoms with E-state index in [-0.39, 0.29) is 36.7 Å². The zero-order valence-electron chi connectivity index (χ0n) is 15.9. The lowest BCUT2D eigenvalue weighted by Crippen LogP contribution is -2.42. The SMILES string of the molecule is COC(CN)CC(=O)Nc1ccc2c(ccn2CC(=O)N2CCOCC2)c1.Cl. The number of anilines is 1. The number of fused-ring (bicyclic) bond motifs is 1. The highest BCUT2D eigenvalue weighted by atomic mass is 35.5. The normalized spacial score (nSPS) is 15.1. The van der Waals surface area contributed by atoms with Gasteiger partial charge in [0.15, 0.2) is 0 Å². The number of morpholine rings is 1. The van der Waals surface area contributed by atoms with Crippen LogP contribution in [0.15, 0.2) is 30.5 Å². The molecule has 1 unspecified atom stereocenters. The van der Waals surface area contributed by atoms with Gasteiger partial charge in [0.1, 0.15) is 6.54 Å². The van der Waals surface area contributed by atoms with Crippen LogP contribution in [0.5, 0.6) is 0 Å². The Kier molecular flexibility index (Phi) is 8.25. The summed E-state index contributed by atoms with van der Waals surface area (Å²) in [5.41, 5.74) is 7.21. The molecule has 154 valence electrons.